The van der Waals surface area contributed by atoms with Crippen molar-refractivity contribution in [2.45, 2.75) is 6.54 Å². The molecule has 2 heterocycles. The van der Waals surface area contributed by atoms with Gasteiger partial charge in [0.25, 0.3) is 5.91 Å². The minimum Gasteiger partial charge on any atom is -0.365 e. The number of hydrogen-bond acceptors (Lipinski definition) is 4. The topological polar surface area (TPSA) is 80.9 Å². The number of nitrogens with two attached hydrogens (primary N) is 1. The van der Waals surface area contributed by atoms with Crippen LogP contribution in [0, 0.1) is 5.82 Å². The molecule has 0 bridgehead atoms. The van der Waals surface area contributed by atoms with Gasteiger partial charge < -0.3 is 11.1 Å². The number of anilines is 1. The highest BCUT2D eigenvalue weighted by Gasteiger charge is 2.09. The highest BCUT2D eigenvalue weighted by molar-refractivity contribution is 5.97. The van der Waals surface area contributed by atoms with Gasteiger partial charge in [0.1, 0.15) is 11.6 Å². The molecule has 5 nitrogen and oxygen atoms in total. The first-order chi connectivity index (χ1) is 8.68. The molecule has 2 aromatic rings. The summed E-state index contributed by atoms with van der Waals surface area (Å²) < 4.78 is 13.3. The van der Waals surface area contributed by atoms with Gasteiger partial charge >= 0.3 is 0 Å². The highest BCUT2D eigenvalue weighted by Crippen LogP contribution is 2.12. The zero-order valence-corrected chi connectivity index (χ0v) is 9.43. The van der Waals surface area contributed by atoms with Crippen molar-refractivity contribution in [1.29, 1.82) is 0 Å². The third-order valence-corrected chi connectivity index (χ3v) is 2.33. The maximum absolute atomic E-state index is 13.3. The van der Waals surface area contributed by atoms with Gasteiger partial charge in [-0.05, 0) is 24.3 Å². The largest absolute Gasteiger partial charge is 0.365 e. The van der Waals surface area contributed by atoms with Crippen LogP contribution < -0.4 is 11.1 Å². The first-order valence-corrected chi connectivity index (χ1v) is 5.26. The van der Waals surface area contributed by atoms with Gasteiger partial charge in [-0.3, -0.25) is 9.78 Å². The number of carbonyl (C=O) groups is 1. The molecule has 0 atom stereocenters. The molecule has 0 radical (unpaired) electrons. The Morgan fingerprint density at radius 1 is 1.28 bits per heavy atom. The molecule has 18 heavy (non-hydrogen) atoms. The van der Waals surface area contributed by atoms with Crippen molar-refractivity contribution in [3.8, 4) is 0 Å². The van der Waals surface area contributed by atoms with Gasteiger partial charge in [-0.25, -0.2) is 9.37 Å². The summed E-state index contributed by atoms with van der Waals surface area (Å²) in [4.78, 5) is 19.0. The van der Waals surface area contributed by atoms with E-state index in [1.54, 1.807) is 12.1 Å². The van der Waals surface area contributed by atoms with E-state index < -0.39 is 11.7 Å². The summed E-state index contributed by atoms with van der Waals surface area (Å²) in [7, 11) is 0. The van der Waals surface area contributed by atoms with Crippen molar-refractivity contribution in [2.24, 2.45) is 5.73 Å². The Kier molecular flexibility index (Phi) is 3.47. The predicted molar refractivity (Wildman–Crippen MR) is 64.3 cm³/mol. The molecule has 0 aromatic carbocycles. The lowest BCUT2D eigenvalue weighted by molar-refractivity contribution is 0.100. The van der Waals surface area contributed by atoms with E-state index in [2.05, 4.69) is 15.3 Å². The van der Waals surface area contributed by atoms with Gasteiger partial charge in [0.15, 0.2) is 0 Å². The van der Waals surface area contributed by atoms with E-state index in [0.29, 0.717) is 5.82 Å². The number of amides is 1. The van der Waals surface area contributed by atoms with E-state index in [4.69, 9.17) is 5.73 Å². The van der Waals surface area contributed by atoms with Crippen molar-refractivity contribution in [3.05, 3.63) is 53.7 Å². The van der Waals surface area contributed by atoms with E-state index in [-0.39, 0.29) is 17.8 Å². The quantitative estimate of drug-likeness (QED) is 0.852. The Hall–Kier alpha value is -2.50. The summed E-state index contributed by atoms with van der Waals surface area (Å²) in [6, 6.07) is 5.98. The molecule has 2 rings (SSSR count). The second-order valence-electron chi connectivity index (χ2n) is 3.55. The molecule has 0 aliphatic carbocycles. The summed E-state index contributed by atoms with van der Waals surface area (Å²) in [6.07, 6.45) is 3.01. The summed E-state index contributed by atoms with van der Waals surface area (Å²) in [5.74, 6) is -0.691. The SMILES string of the molecule is NC(=O)c1cccnc1NCc1ncccc1F. The first-order valence-electron chi connectivity index (χ1n) is 5.26. The second-order valence-corrected chi connectivity index (χ2v) is 3.55. The van der Waals surface area contributed by atoms with Gasteiger partial charge in [0.05, 0.1) is 17.8 Å². The van der Waals surface area contributed by atoms with Crippen LogP contribution in [-0.4, -0.2) is 15.9 Å². The molecule has 0 saturated heterocycles. The lowest BCUT2D eigenvalue weighted by Gasteiger charge is -2.08. The minimum absolute atomic E-state index is 0.129. The van der Waals surface area contributed by atoms with Crippen LogP contribution in [0.1, 0.15) is 16.1 Å². The van der Waals surface area contributed by atoms with Gasteiger partial charge in [-0.1, -0.05) is 0 Å². The molecule has 1 amide bonds. The molecule has 6 heteroatoms. The fourth-order valence-corrected chi connectivity index (χ4v) is 1.46. The Morgan fingerprint density at radius 2 is 2.00 bits per heavy atom. The van der Waals surface area contributed by atoms with Crippen LogP contribution in [-0.2, 0) is 6.54 Å². The number of halogens is 1. The number of pyridine rings is 2. The predicted octanol–water partition coefficient (Wildman–Crippen LogP) is 1.33. The molecule has 0 fully saturated rings. The fourth-order valence-electron chi connectivity index (χ4n) is 1.46. The average Bonchev–Trinajstić information content (AvgIpc) is 2.38. The number of nitrogens with zero attached hydrogens (tertiary/aromatic N) is 2. The van der Waals surface area contributed by atoms with Crippen LogP contribution in [0.3, 0.4) is 0 Å². The summed E-state index contributed by atoms with van der Waals surface area (Å²) in [5, 5.41) is 2.84. The van der Waals surface area contributed by atoms with Crippen LogP contribution in [0.25, 0.3) is 0 Å². The van der Waals surface area contributed by atoms with Crippen LogP contribution in [0.15, 0.2) is 36.7 Å². The van der Waals surface area contributed by atoms with Crippen LogP contribution in [0.2, 0.25) is 0 Å². The molecule has 92 valence electrons. The molecule has 2 aromatic heterocycles. The zero-order valence-electron chi connectivity index (χ0n) is 9.43. The summed E-state index contributed by atoms with van der Waals surface area (Å²) in [5.41, 5.74) is 5.71. The molecular weight excluding hydrogens is 235 g/mol. The van der Waals surface area contributed by atoms with Gasteiger partial charge in [0, 0.05) is 12.4 Å². The second kappa shape index (κ2) is 5.22. The van der Waals surface area contributed by atoms with Crippen molar-refractivity contribution in [3.63, 3.8) is 0 Å². The number of carbonyl (C=O) groups excluding carboxylic acids is 1. The standard InChI is InChI=1S/C12H11FN4O/c13-9-4-2-5-15-10(9)7-17-12-8(11(14)18)3-1-6-16-12/h1-6H,7H2,(H2,14,18)(H,16,17). The normalized spacial score (nSPS) is 10.1. The molecule has 3 N–H and O–H groups in total. The lowest BCUT2D eigenvalue weighted by atomic mass is 10.2. The third kappa shape index (κ3) is 2.60. The molecular formula is C12H11FN4O. The number of nitrogens with one attached hydrogen (secondary N) is 1. The molecule has 0 aliphatic rings. The van der Waals surface area contributed by atoms with Crippen molar-refractivity contribution < 1.29 is 9.18 Å². The average molecular weight is 246 g/mol. The lowest BCUT2D eigenvalue weighted by Crippen LogP contribution is -2.15. The molecule has 0 unspecified atom stereocenters. The van der Waals surface area contributed by atoms with E-state index in [1.165, 1.54) is 24.5 Å². The maximum atomic E-state index is 13.3. The van der Waals surface area contributed by atoms with Crippen LogP contribution in [0.4, 0.5) is 10.2 Å². The molecule has 0 aliphatic heterocycles. The fraction of sp³-hybridized carbons (Fsp3) is 0.0833. The number of aromatic nitrogens is 2. The molecule has 0 saturated carbocycles. The van der Waals surface area contributed by atoms with Crippen molar-refractivity contribution >= 4 is 11.7 Å². The Bertz CT molecular complexity index is 574. The number of hydrogen-bond donors (Lipinski definition) is 2. The van der Waals surface area contributed by atoms with Crippen molar-refractivity contribution in [1.82, 2.24) is 9.97 Å². The van der Waals surface area contributed by atoms with Crippen LogP contribution >= 0.6 is 0 Å². The van der Waals surface area contributed by atoms with Gasteiger partial charge in [-0.15, -0.1) is 0 Å². The summed E-state index contributed by atoms with van der Waals surface area (Å²) >= 11 is 0. The van der Waals surface area contributed by atoms with Gasteiger partial charge in [-0.2, -0.15) is 0 Å². The smallest absolute Gasteiger partial charge is 0.252 e. The maximum Gasteiger partial charge on any atom is 0.252 e. The first kappa shape index (κ1) is 12.0. The van der Waals surface area contributed by atoms with Crippen molar-refractivity contribution in [2.75, 3.05) is 5.32 Å². The van der Waals surface area contributed by atoms with E-state index in [0.717, 1.165) is 0 Å². The highest BCUT2D eigenvalue weighted by atomic mass is 19.1. The Morgan fingerprint density at radius 3 is 2.72 bits per heavy atom. The molecule has 0 spiro atoms. The summed E-state index contributed by atoms with van der Waals surface area (Å²) in [6.45, 7) is 0.129. The third-order valence-electron chi connectivity index (χ3n) is 2.33. The van der Waals surface area contributed by atoms with E-state index in [9.17, 15) is 9.18 Å². The number of primary amides is 1. The monoisotopic (exact) mass is 246 g/mol. The van der Waals surface area contributed by atoms with Crippen LogP contribution in [0.5, 0.6) is 0 Å². The Labute approximate surface area is 103 Å². The number of rotatable bonds is 4. The van der Waals surface area contributed by atoms with Gasteiger partial charge in [0.2, 0.25) is 0 Å². The van der Waals surface area contributed by atoms with E-state index in [1.807, 2.05) is 0 Å². The zero-order chi connectivity index (χ0) is 13.0. The minimum atomic E-state index is -0.591. The van der Waals surface area contributed by atoms with E-state index >= 15 is 0 Å². The Balaban J connectivity index is 2.16.